The molecule has 0 fully saturated rings. The largest absolute Gasteiger partial charge is 0.480 e. The predicted molar refractivity (Wildman–Crippen MR) is 65.9 cm³/mol. The average Bonchev–Trinajstić information content (AvgIpc) is 2.34. The van der Waals surface area contributed by atoms with Crippen LogP contribution in [0.1, 0.15) is 25.5 Å². The molecule has 0 aliphatic rings. The van der Waals surface area contributed by atoms with E-state index in [0.717, 1.165) is 4.90 Å². The first-order chi connectivity index (χ1) is 8.43. The Morgan fingerprint density at radius 2 is 1.78 bits per heavy atom. The van der Waals surface area contributed by atoms with Crippen LogP contribution in [0, 0.1) is 0 Å². The van der Waals surface area contributed by atoms with Gasteiger partial charge in [0.25, 0.3) is 5.91 Å². The molecule has 1 aromatic carbocycles. The van der Waals surface area contributed by atoms with E-state index in [9.17, 15) is 14.7 Å². The van der Waals surface area contributed by atoms with Gasteiger partial charge in [-0.1, -0.05) is 30.3 Å². The zero-order valence-corrected chi connectivity index (χ0v) is 10.4. The summed E-state index contributed by atoms with van der Waals surface area (Å²) in [6, 6.07) is 8.17. The number of carbonyl (C=O) groups excluding carboxylic acids is 1. The van der Waals surface area contributed by atoms with Gasteiger partial charge in [-0.15, -0.1) is 0 Å². The summed E-state index contributed by atoms with van der Waals surface area (Å²) in [5, 5.41) is 18.7. The van der Waals surface area contributed by atoms with Crippen molar-refractivity contribution in [1.29, 1.82) is 0 Å². The average molecular weight is 251 g/mol. The normalized spacial score (nSPS) is 12.2. The quantitative estimate of drug-likeness (QED) is 0.819. The Bertz CT molecular complexity index is 416. The van der Waals surface area contributed by atoms with Crippen LogP contribution in [-0.2, 0) is 9.59 Å². The first-order valence-electron chi connectivity index (χ1n) is 5.68. The standard InChI is InChI=1S/C13H17NO4/c1-9(2)14(8-11(15)16)13(18)12(17)10-6-4-3-5-7-10/h3-7,9,12,17H,8H2,1-2H3,(H,15,16)/t12-/m1/s1. The fraction of sp³-hybridized carbons (Fsp3) is 0.385. The first kappa shape index (κ1) is 14.2. The van der Waals surface area contributed by atoms with Crippen LogP contribution in [0.5, 0.6) is 0 Å². The molecule has 1 amide bonds. The Hall–Kier alpha value is -1.88. The Morgan fingerprint density at radius 1 is 1.22 bits per heavy atom. The van der Waals surface area contributed by atoms with Crippen LogP contribution >= 0.6 is 0 Å². The number of rotatable bonds is 5. The summed E-state index contributed by atoms with van der Waals surface area (Å²) in [5.41, 5.74) is 0.457. The van der Waals surface area contributed by atoms with E-state index in [-0.39, 0.29) is 6.04 Å². The number of aliphatic carboxylic acids is 1. The number of benzene rings is 1. The van der Waals surface area contributed by atoms with Gasteiger partial charge in [0.2, 0.25) is 0 Å². The maximum absolute atomic E-state index is 12.0. The van der Waals surface area contributed by atoms with Gasteiger partial charge < -0.3 is 15.1 Å². The number of nitrogens with zero attached hydrogens (tertiary/aromatic N) is 1. The number of carboxylic acid groups (broad SMARTS) is 1. The number of hydrogen-bond acceptors (Lipinski definition) is 3. The number of hydrogen-bond donors (Lipinski definition) is 2. The van der Waals surface area contributed by atoms with Crippen molar-refractivity contribution in [2.75, 3.05) is 6.54 Å². The second-order valence-corrected chi connectivity index (χ2v) is 4.27. The Kier molecular flexibility index (Phi) is 4.85. The van der Waals surface area contributed by atoms with Crippen LogP contribution in [0.3, 0.4) is 0 Å². The summed E-state index contributed by atoms with van der Waals surface area (Å²) in [5.74, 6) is -1.70. The smallest absolute Gasteiger partial charge is 0.323 e. The molecule has 1 aromatic rings. The Balaban J connectivity index is 2.86. The highest BCUT2D eigenvalue weighted by Crippen LogP contribution is 2.16. The molecule has 0 heterocycles. The number of carbonyl (C=O) groups is 2. The third-order valence-electron chi connectivity index (χ3n) is 2.56. The van der Waals surface area contributed by atoms with Crippen molar-refractivity contribution in [2.45, 2.75) is 26.0 Å². The van der Waals surface area contributed by atoms with Gasteiger partial charge in [-0.25, -0.2) is 0 Å². The summed E-state index contributed by atoms with van der Waals surface area (Å²) < 4.78 is 0. The van der Waals surface area contributed by atoms with Gasteiger partial charge in [0.05, 0.1) is 0 Å². The molecule has 0 spiro atoms. The minimum Gasteiger partial charge on any atom is -0.480 e. The predicted octanol–water partition coefficient (Wildman–Crippen LogP) is 1.04. The van der Waals surface area contributed by atoms with E-state index < -0.39 is 24.5 Å². The summed E-state index contributed by atoms with van der Waals surface area (Å²) in [4.78, 5) is 23.9. The molecule has 98 valence electrons. The molecule has 1 rings (SSSR count). The molecule has 0 radical (unpaired) electrons. The Morgan fingerprint density at radius 3 is 2.22 bits per heavy atom. The van der Waals surface area contributed by atoms with E-state index >= 15 is 0 Å². The number of aliphatic hydroxyl groups excluding tert-OH is 1. The fourth-order valence-electron chi connectivity index (χ4n) is 1.60. The van der Waals surface area contributed by atoms with Crippen molar-refractivity contribution >= 4 is 11.9 Å². The second-order valence-electron chi connectivity index (χ2n) is 4.27. The molecule has 0 aliphatic heterocycles. The second kappa shape index (κ2) is 6.16. The summed E-state index contributed by atoms with van der Waals surface area (Å²) in [7, 11) is 0. The molecule has 18 heavy (non-hydrogen) atoms. The molecule has 2 N–H and O–H groups in total. The third-order valence-corrected chi connectivity index (χ3v) is 2.56. The lowest BCUT2D eigenvalue weighted by Crippen LogP contribution is -2.43. The van der Waals surface area contributed by atoms with E-state index in [0.29, 0.717) is 5.56 Å². The highest BCUT2D eigenvalue weighted by atomic mass is 16.4. The van der Waals surface area contributed by atoms with Crippen molar-refractivity contribution in [3.63, 3.8) is 0 Å². The van der Waals surface area contributed by atoms with Crippen molar-refractivity contribution < 1.29 is 19.8 Å². The van der Waals surface area contributed by atoms with Gasteiger partial charge in [-0.05, 0) is 19.4 Å². The van der Waals surface area contributed by atoms with E-state index in [2.05, 4.69) is 0 Å². The molecule has 5 nitrogen and oxygen atoms in total. The molecule has 0 unspecified atom stereocenters. The zero-order valence-electron chi connectivity index (χ0n) is 10.4. The van der Waals surface area contributed by atoms with Gasteiger partial charge in [0.15, 0.2) is 6.10 Å². The summed E-state index contributed by atoms with van der Waals surface area (Å²) in [6.45, 7) is 3.00. The van der Waals surface area contributed by atoms with Crippen LogP contribution in [0.15, 0.2) is 30.3 Å². The maximum atomic E-state index is 12.0. The number of carboxylic acids is 1. The van der Waals surface area contributed by atoms with Crippen molar-refractivity contribution in [3.05, 3.63) is 35.9 Å². The molecule has 0 aliphatic carbocycles. The van der Waals surface area contributed by atoms with Gasteiger partial charge in [-0.3, -0.25) is 9.59 Å². The highest BCUT2D eigenvalue weighted by molar-refractivity contribution is 5.85. The van der Waals surface area contributed by atoms with E-state index in [1.54, 1.807) is 44.2 Å². The Labute approximate surface area is 106 Å². The minimum atomic E-state index is -1.33. The lowest BCUT2D eigenvalue weighted by Gasteiger charge is -2.27. The van der Waals surface area contributed by atoms with E-state index in [4.69, 9.17) is 5.11 Å². The van der Waals surface area contributed by atoms with Crippen molar-refractivity contribution in [2.24, 2.45) is 0 Å². The minimum absolute atomic E-state index is 0.285. The lowest BCUT2D eigenvalue weighted by atomic mass is 10.1. The van der Waals surface area contributed by atoms with Crippen LogP contribution in [0.25, 0.3) is 0 Å². The third kappa shape index (κ3) is 3.56. The van der Waals surface area contributed by atoms with Crippen LogP contribution in [0.2, 0.25) is 0 Å². The molecule has 0 saturated heterocycles. The van der Waals surface area contributed by atoms with Crippen molar-refractivity contribution in [1.82, 2.24) is 4.90 Å². The molecular formula is C13H17NO4. The van der Waals surface area contributed by atoms with Crippen LogP contribution in [0.4, 0.5) is 0 Å². The van der Waals surface area contributed by atoms with Crippen LogP contribution < -0.4 is 0 Å². The fourth-order valence-corrected chi connectivity index (χ4v) is 1.60. The van der Waals surface area contributed by atoms with Gasteiger partial charge in [-0.2, -0.15) is 0 Å². The number of aliphatic hydroxyl groups is 1. The van der Waals surface area contributed by atoms with Gasteiger partial charge in [0.1, 0.15) is 6.54 Å². The van der Waals surface area contributed by atoms with Crippen molar-refractivity contribution in [3.8, 4) is 0 Å². The summed E-state index contributed by atoms with van der Waals surface area (Å²) >= 11 is 0. The number of amides is 1. The molecular weight excluding hydrogens is 234 g/mol. The molecule has 5 heteroatoms. The first-order valence-corrected chi connectivity index (χ1v) is 5.68. The molecule has 0 saturated carbocycles. The van der Waals surface area contributed by atoms with E-state index in [1.165, 1.54) is 0 Å². The lowest BCUT2D eigenvalue weighted by molar-refractivity contribution is -0.150. The highest BCUT2D eigenvalue weighted by Gasteiger charge is 2.27. The van der Waals surface area contributed by atoms with Gasteiger partial charge >= 0.3 is 5.97 Å². The summed E-state index contributed by atoms with van der Waals surface area (Å²) in [6.07, 6.45) is -1.33. The van der Waals surface area contributed by atoms with E-state index in [1.807, 2.05) is 0 Å². The maximum Gasteiger partial charge on any atom is 0.323 e. The molecule has 0 aromatic heterocycles. The molecule has 0 bridgehead atoms. The topological polar surface area (TPSA) is 77.8 Å². The monoisotopic (exact) mass is 251 g/mol. The molecule has 1 atom stereocenters. The SMILES string of the molecule is CC(C)N(CC(=O)O)C(=O)[C@H](O)c1ccccc1. The zero-order chi connectivity index (χ0) is 13.7. The van der Waals surface area contributed by atoms with Gasteiger partial charge in [0, 0.05) is 6.04 Å². The van der Waals surface area contributed by atoms with Crippen LogP contribution in [-0.4, -0.2) is 39.6 Å².